The van der Waals surface area contributed by atoms with Crippen LogP contribution >= 0.6 is 22.9 Å². The number of amides is 1. The first-order valence-corrected chi connectivity index (χ1v) is 9.82. The summed E-state index contributed by atoms with van der Waals surface area (Å²) in [6.45, 7) is 6.24. The highest BCUT2D eigenvalue weighted by Crippen LogP contribution is 2.32. The molecule has 0 aliphatic heterocycles. The fraction of sp³-hybridized carbons (Fsp3) is 0.238. The van der Waals surface area contributed by atoms with Crippen LogP contribution in [0.15, 0.2) is 47.8 Å². The second kappa shape index (κ2) is 7.71. The summed E-state index contributed by atoms with van der Waals surface area (Å²) in [7, 11) is 0. The molecule has 0 fully saturated rings. The maximum atomic E-state index is 12.4. The summed E-state index contributed by atoms with van der Waals surface area (Å²) < 4.78 is 0. The molecule has 0 aliphatic carbocycles. The van der Waals surface area contributed by atoms with Crippen molar-refractivity contribution in [2.75, 3.05) is 5.32 Å². The van der Waals surface area contributed by atoms with Crippen LogP contribution in [-0.2, 0) is 16.6 Å². The summed E-state index contributed by atoms with van der Waals surface area (Å²) in [5.74, 6) is -0.182. The van der Waals surface area contributed by atoms with Crippen LogP contribution in [0, 0.1) is 0 Å². The van der Waals surface area contributed by atoms with Gasteiger partial charge in [0.05, 0.1) is 22.8 Å². The highest BCUT2D eigenvalue weighted by molar-refractivity contribution is 7.13. The van der Waals surface area contributed by atoms with E-state index in [1.54, 1.807) is 6.07 Å². The number of benzene rings is 2. The number of aromatic hydroxyl groups is 1. The van der Waals surface area contributed by atoms with Gasteiger partial charge in [0.15, 0.2) is 0 Å². The van der Waals surface area contributed by atoms with Gasteiger partial charge in [-0.15, -0.1) is 11.3 Å². The lowest BCUT2D eigenvalue weighted by Gasteiger charge is -2.20. The predicted octanol–water partition coefficient (Wildman–Crippen LogP) is 5.65. The van der Waals surface area contributed by atoms with Crippen LogP contribution in [-0.4, -0.2) is 16.0 Å². The number of nitrogens with zero attached hydrogens (tertiary/aromatic N) is 1. The molecule has 3 rings (SSSR count). The van der Waals surface area contributed by atoms with E-state index in [9.17, 15) is 9.90 Å². The van der Waals surface area contributed by atoms with E-state index in [-0.39, 0.29) is 23.5 Å². The molecule has 0 saturated carbocycles. The molecule has 0 saturated heterocycles. The number of phenolic OH excluding ortho intramolecular Hbond substituents is 1. The van der Waals surface area contributed by atoms with E-state index in [1.165, 1.54) is 11.3 Å². The highest BCUT2D eigenvalue weighted by atomic mass is 35.5. The topological polar surface area (TPSA) is 62.2 Å². The van der Waals surface area contributed by atoms with Gasteiger partial charge >= 0.3 is 0 Å². The number of halogens is 1. The van der Waals surface area contributed by atoms with E-state index in [0.717, 1.165) is 16.1 Å². The highest BCUT2D eigenvalue weighted by Gasteiger charge is 2.17. The predicted molar refractivity (Wildman–Crippen MR) is 112 cm³/mol. The third kappa shape index (κ3) is 4.67. The van der Waals surface area contributed by atoms with Gasteiger partial charge in [0, 0.05) is 10.9 Å². The lowest BCUT2D eigenvalue weighted by Crippen LogP contribution is -2.16. The number of hydrogen-bond acceptors (Lipinski definition) is 4. The Hall–Kier alpha value is -2.37. The molecule has 0 aliphatic rings. The molecule has 1 amide bonds. The summed E-state index contributed by atoms with van der Waals surface area (Å²) in [5.41, 5.74) is 2.89. The first-order valence-electron chi connectivity index (χ1n) is 8.56. The molecule has 0 unspecified atom stereocenters. The van der Waals surface area contributed by atoms with Crippen LogP contribution in [0.2, 0.25) is 5.02 Å². The van der Waals surface area contributed by atoms with Crippen molar-refractivity contribution in [2.45, 2.75) is 32.6 Å². The molecule has 1 heterocycles. The van der Waals surface area contributed by atoms with E-state index < -0.39 is 0 Å². The Morgan fingerprint density at radius 1 is 1.22 bits per heavy atom. The van der Waals surface area contributed by atoms with Crippen LogP contribution < -0.4 is 5.32 Å². The van der Waals surface area contributed by atoms with E-state index in [1.807, 2.05) is 41.8 Å². The Bertz CT molecular complexity index is 976. The van der Waals surface area contributed by atoms with Crippen molar-refractivity contribution in [1.82, 2.24) is 4.98 Å². The third-order valence-corrected chi connectivity index (χ3v) is 5.39. The minimum absolute atomic E-state index is 0.0476. The fourth-order valence-corrected chi connectivity index (χ4v) is 3.75. The minimum Gasteiger partial charge on any atom is -0.506 e. The minimum atomic E-state index is -0.229. The van der Waals surface area contributed by atoms with Crippen LogP contribution in [0.3, 0.4) is 0 Å². The van der Waals surface area contributed by atoms with Gasteiger partial charge in [-0.05, 0) is 29.2 Å². The van der Waals surface area contributed by atoms with Gasteiger partial charge in [-0.1, -0.05) is 56.6 Å². The molecular formula is C21H21ClN2O2S. The molecule has 140 valence electrons. The normalized spacial score (nSPS) is 11.4. The standard InChI is InChI=1S/C21H21ClN2O2S/c1-21(2,3)13-8-9-18(25)17(10-13)24-19(26)11-14-12-27-20(23-14)15-6-4-5-7-16(15)22/h4-10,12,25H,11H2,1-3H3,(H,24,26). The van der Waals surface area contributed by atoms with Crippen molar-refractivity contribution in [3.05, 3.63) is 64.1 Å². The Morgan fingerprint density at radius 3 is 2.67 bits per heavy atom. The SMILES string of the molecule is CC(C)(C)c1ccc(O)c(NC(=O)Cc2csc(-c3ccccc3Cl)n2)c1. The number of phenols is 1. The number of aromatic nitrogens is 1. The third-order valence-electron chi connectivity index (χ3n) is 4.13. The summed E-state index contributed by atoms with van der Waals surface area (Å²) in [6, 6.07) is 12.8. The summed E-state index contributed by atoms with van der Waals surface area (Å²) in [6.07, 6.45) is 0.125. The first-order chi connectivity index (χ1) is 12.7. The van der Waals surface area contributed by atoms with E-state index in [4.69, 9.17) is 11.6 Å². The van der Waals surface area contributed by atoms with Crippen molar-refractivity contribution < 1.29 is 9.90 Å². The Labute approximate surface area is 167 Å². The van der Waals surface area contributed by atoms with Crippen molar-refractivity contribution in [3.63, 3.8) is 0 Å². The molecule has 4 nitrogen and oxygen atoms in total. The zero-order chi connectivity index (χ0) is 19.6. The Balaban J connectivity index is 1.73. The maximum Gasteiger partial charge on any atom is 0.230 e. The van der Waals surface area contributed by atoms with Gasteiger partial charge in [-0.3, -0.25) is 4.79 Å². The smallest absolute Gasteiger partial charge is 0.230 e. The van der Waals surface area contributed by atoms with Crippen molar-refractivity contribution in [3.8, 4) is 16.3 Å². The Morgan fingerprint density at radius 2 is 1.96 bits per heavy atom. The lowest BCUT2D eigenvalue weighted by atomic mass is 9.87. The number of carbonyl (C=O) groups is 1. The van der Waals surface area contributed by atoms with Gasteiger partial charge in [0.2, 0.25) is 5.91 Å². The number of carbonyl (C=O) groups excluding carboxylic acids is 1. The van der Waals surface area contributed by atoms with Crippen molar-refractivity contribution in [1.29, 1.82) is 0 Å². The first kappa shape index (κ1) is 19.4. The summed E-state index contributed by atoms with van der Waals surface area (Å²) >= 11 is 7.66. The molecule has 0 atom stereocenters. The van der Waals surface area contributed by atoms with Gasteiger partial charge < -0.3 is 10.4 Å². The van der Waals surface area contributed by atoms with Gasteiger partial charge in [0.1, 0.15) is 10.8 Å². The average Bonchev–Trinajstić information content (AvgIpc) is 3.04. The lowest BCUT2D eigenvalue weighted by molar-refractivity contribution is -0.115. The van der Waals surface area contributed by atoms with Gasteiger partial charge in [0.25, 0.3) is 0 Å². The zero-order valence-corrected chi connectivity index (χ0v) is 17.0. The molecule has 0 bridgehead atoms. The molecule has 3 aromatic rings. The maximum absolute atomic E-state index is 12.4. The summed E-state index contributed by atoms with van der Waals surface area (Å²) in [5, 5.41) is 16.1. The molecule has 6 heteroatoms. The molecule has 0 spiro atoms. The van der Waals surface area contributed by atoms with Crippen LogP contribution in [0.5, 0.6) is 5.75 Å². The van der Waals surface area contributed by atoms with Crippen molar-refractivity contribution in [2.24, 2.45) is 0 Å². The van der Waals surface area contributed by atoms with E-state index in [2.05, 4.69) is 31.1 Å². The Kier molecular flexibility index (Phi) is 5.53. The number of thiazole rings is 1. The molecular weight excluding hydrogens is 380 g/mol. The van der Waals surface area contributed by atoms with Crippen LogP contribution in [0.4, 0.5) is 5.69 Å². The molecule has 27 heavy (non-hydrogen) atoms. The van der Waals surface area contributed by atoms with E-state index >= 15 is 0 Å². The average molecular weight is 401 g/mol. The monoisotopic (exact) mass is 400 g/mol. The fourth-order valence-electron chi connectivity index (χ4n) is 2.61. The molecule has 0 radical (unpaired) electrons. The second-order valence-electron chi connectivity index (χ2n) is 7.33. The largest absolute Gasteiger partial charge is 0.506 e. The van der Waals surface area contributed by atoms with Gasteiger partial charge in [-0.2, -0.15) is 0 Å². The molecule has 2 aromatic carbocycles. The number of hydrogen-bond donors (Lipinski definition) is 2. The van der Waals surface area contributed by atoms with Gasteiger partial charge in [-0.25, -0.2) is 4.98 Å². The zero-order valence-electron chi connectivity index (χ0n) is 15.4. The number of rotatable bonds is 4. The number of nitrogens with one attached hydrogen (secondary N) is 1. The van der Waals surface area contributed by atoms with Crippen LogP contribution in [0.25, 0.3) is 10.6 Å². The number of anilines is 1. The van der Waals surface area contributed by atoms with Crippen molar-refractivity contribution >= 4 is 34.5 Å². The molecule has 2 N–H and O–H groups in total. The summed E-state index contributed by atoms with van der Waals surface area (Å²) in [4.78, 5) is 16.9. The second-order valence-corrected chi connectivity index (χ2v) is 8.60. The van der Waals surface area contributed by atoms with E-state index in [0.29, 0.717) is 16.4 Å². The van der Waals surface area contributed by atoms with Crippen LogP contribution in [0.1, 0.15) is 32.0 Å². The molecule has 1 aromatic heterocycles. The quantitative estimate of drug-likeness (QED) is 0.556.